The van der Waals surface area contributed by atoms with Crippen molar-refractivity contribution in [2.45, 2.75) is 40.2 Å². The molecular weight excluding hydrogens is 218 g/mol. The molecule has 5 nitrogen and oxygen atoms in total. The number of oxazole rings is 1. The van der Waals surface area contributed by atoms with Crippen molar-refractivity contribution in [3.8, 4) is 0 Å². The number of rotatable bonds is 4. The van der Waals surface area contributed by atoms with Crippen molar-refractivity contribution >= 4 is 5.91 Å². The van der Waals surface area contributed by atoms with Crippen LogP contribution in [0.15, 0.2) is 4.42 Å². The molecule has 0 saturated heterocycles. The van der Waals surface area contributed by atoms with Crippen molar-refractivity contribution in [3.63, 3.8) is 0 Å². The molecule has 1 amide bonds. The molecule has 1 aromatic rings. The maximum atomic E-state index is 12.1. The average Bonchev–Trinajstić information content (AvgIpc) is 2.57. The summed E-state index contributed by atoms with van der Waals surface area (Å²) in [6.45, 7) is 9.81. The number of hydrogen-bond acceptors (Lipinski definition) is 4. The lowest BCUT2D eigenvalue weighted by atomic mass is 9.88. The Balaban J connectivity index is 2.89. The van der Waals surface area contributed by atoms with Crippen LogP contribution in [0.25, 0.3) is 0 Å². The molecule has 0 aliphatic heterocycles. The fourth-order valence-corrected chi connectivity index (χ4v) is 1.49. The SMILES string of the molecule is Cc1nc(C)c(C(=O)NC(C)(CN)C(C)C)o1. The predicted molar refractivity (Wildman–Crippen MR) is 65.7 cm³/mol. The predicted octanol–water partition coefficient (Wildman–Crippen LogP) is 1.39. The first-order valence-electron chi connectivity index (χ1n) is 5.76. The van der Waals surface area contributed by atoms with Gasteiger partial charge in [-0.15, -0.1) is 0 Å². The Morgan fingerprint density at radius 3 is 2.47 bits per heavy atom. The van der Waals surface area contributed by atoms with Crippen LogP contribution < -0.4 is 11.1 Å². The topological polar surface area (TPSA) is 81.2 Å². The Bertz CT molecular complexity index is 412. The first-order chi connectivity index (χ1) is 7.80. The summed E-state index contributed by atoms with van der Waals surface area (Å²) >= 11 is 0. The largest absolute Gasteiger partial charge is 0.436 e. The van der Waals surface area contributed by atoms with Crippen molar-refractivity contribution in [2.24, 2.45) is 11.7 Å². The zero-order valence-corrected chi connectivity index (χ0v) is 11.1. The van der Waals surface area contributed by atoms with E-state index in [2.05, 4.69) is 10.3 Å². The molecule has 1 unspecified atom stereocenters. The van der Waals surface area contributed by atoms with Gasteiger partial charge in [0.25, 0.3) is 5.91 Å². The Morgan fingerprint density at radius 1 is 1.53 bits per heavy atom. The number of hydrogen-bond donors (Lipinski definition) is 2. The Kier molecular flexibility index (Phi) is 3.93. The van der Waals surface area contributed by atoms with Crippen molar-refractivity contribution in [1.82, 2.24) is 10.3 Å². The van der Waals surface area contributed by atoms with E-state index in [0.717, 1.165) is 0 Å². The molecular formula is C12H21N3O2. The van der Waals surface area contributed by atoms with Gasteiger partial charge in [0, 0.05) is 13.5 Å². The molecule has 0 aliphatic carbocycles. The Hall–Kier alpha value is -1.36. The van der Waals surface area contributed by atoms with Gasteiger partial charge < -0.3 is 15.5 Å². The molecule has 1 aromatic heterocycles. The highest BCUT2D eigenvalue weighted by Gasteiger charge is 2.30. The summed E-state index contributed by atoms with van der Waals surface area (Å²) in [4.78, 5) is 16.1. The first-order valence-corrected chi connectivity index (χ1v) is 5.76. The number of aromatic nitrogens is 1. The summed E-state index contributed by atoms with van der Waals surface area (Å²) < 4.78 is 5.28. The van der Waals surface area contributed by atoms with E-state index in [-0.39, 0.29) is 17.6 Å². The van der Waals surface area contributed by atoms with Crippen molar-refractivity contribution in [3.05, 3.63) is 17.3 Å². The van der Waals surface area contributed by atoms with Crippen LogP contribution in [0.5, 0.6) is 0 Å². The fraction of sp³-hybridized carbons (Fsp3) is 0.667. The van der Waals surface area contributed by atoms with E-state index >= 15 is 0 Å². The van der Waals surface area contributed by atoms with E-state index < -0.39 is 5.54 Å². The standard InChI is InChI=1S/C12H21N3O2/c1-7(2)12(5,6-13)15-11(16)10-8(3)14-9(4)17-10/h7H,6,13H2,1-5H3,(H,15,16). The molecule has 0 aromatic carbocycles. The monoisotopic (exact) mass is 239 g/mol. The summed E-state index contributed by atoms with van der Waals surface area (Å²) in [5.74, 6) is 0.736. The minimum absolute atomic E-state index is 0.237. The zero-order valence-electron chi connectivity index (χ0n) is 11.1. The van der Waals surface area contributed by atoms with Gasteiger partial charge >= 0.3 is 0 Å². The maximum absolute atomic E-state index is 12.1. The fourth-order valence-electron chi connectivity index (χ4n) is 1.49. The number of nitrogens with zero attached hydrogens (tertiary/aromatic N) is 1. The molecule has 0 spiro atoms. The Labute approximate surface area is 102 Å². The van der Waals surface area contributed by atoms with Crippen molar-refractivity contribution in [1.29, 1.82) is 0 Å². The molecule has 0 bridgehead atoms. The summed E-state index contributed by atoms with van der Waals surface area (Å²) in [5.41, 5.74) is 5.88. The van der Waals surface area contributed by atoms with Gasteiger partial charge in [-0.25, -0.2) is 4.98 Å². The van der Waals surface area contributed by atoms with Gasteiger partial charge in [-0.3, -0.25) is 4.79 Å². The molecule has 0 radical (unpaired) electrons. The van der Waals surface area contributed by atoms with Crippen LogP contribution in [0.4, 0.5) is 0 Å². The van der Waals surface area contributed by atoms with Crippen LogP contribution >= 0.6 is 0 Å². The van der Waals surface area contributed by atoms with Gasteiger partial charge in [-0.05, 0) is 19.8 Å². The summed E-state index contributed by atoms with van der Waals surface area (Å²) in [5, 5.41) is 2.92. The number of nitrogens with one attached hydrogen (secondary N) is 1. The van der Waals surface area contributed by atoms with E-state index in [1.165, 1.54) is 0 Å². The van der Waals surface area contributed by atoms with Gasteiger partial charge in [0.1, 0.15) is 0 Å². The molecule has 5 heteroatoms. The first kappa shape index (κ1) is 13.7. The highest BCUT2D eigenvalue weighted by atomic mass is 16.4. The van der Waals surface area contributed by atoms with Crippen LogP contribution in [0.2, 0.25) is 0 Å². The highest BCUT2D eigenvalue weighted by Crippen LogP contribution is 2.17. The lowest BCUT2D eigenvalue weighted by Gasteiger charge is -2.33. The van der Waals surface area contributed by atoms with Crippen LogP contribution in [-0.4, -0.2) is 23.0 Å². The Morgan fingerprint density at radius 2 is 2.12 bits per heavy atom. The van der Waals surface area contributed by atoms with E-state index in [9.17, 15) is 4.79 Å². The molecule has 1 heterocycles. The number of nitrogens with two attached hydrogens (primary N) is 1. The van der Waals surface area contributed by atoms with Crippen LogP contribution in [-0.2, 0) is 0 Å². The van der Waals surface area contributed by atoms with Gasteiger partial charge in [-0.1, -0.05) is 13.8 Å². The van der Waals surface area contributed by atoms with E-state index in [1.54, 1.807) is 13.8 Å². The maximum Gasteiger partial charge on any atom is 0.289 e. The molecule has 0 saturated carbocycles. The smallest absolute Gasteiger partial charge is 0.289 e. The van der Waals surface area contributed by atoms with E-state index in [0.29, 0.717) is 18.1 Å². The number of carbonyl (C=O) groups is 1. The van der Waals surface area contributed by atoms with Gasteiger partial charge in [0.15, 0.2) is 5.89 Å². The average molecular weight is 239 g/mol. The molecule has 0 aliphatic rings. The molecule has 1 atom stereocenters. The summed E-state index contributed by atoms with van der Waals surface area (Å²) in [6.07, 6.45) is 0. The summed E-state index contributed by atoms with van der Waals surface area (Å²) in [7, 11) is 0. The molecule has 1 rings (SSSR count). The van der Waals surface area contributed by atoms with Crippen LogP contribution in [0.1, 0.15) is 42.9 Å². The number of aryl methyl sites for hydroxylation is 2. The quantitative estimate of drug-likeness (QED) is 0.832. The third-order valence-corrected chi connectivity index (χ3v) is 3.21. The van der Waals surface area contributed by atoms with Gasteiger partial charge in [0.2, 0.25) is 5.76 Å². The lowest BCUT2D eigenvalue weighted by Crippen LogP contribution is -2.55. The highest BCUT2D eigenvalue weighted by molar-refractivity contribution is 5.92. The van der Waals surface area contributed by atoms with Crippen molar-refractivity contribution in [2.75, 3.05) is 6.54 Å². The minimum Gasteiger partial charge on any atom is -0.436 e. The molecule has 96 valence electrons. The minimum atomic E-state index is -0.440. The van der Waals surface area contributed by atoms with E-state index in [1.807, 2.05) is 20.8 Å². The molecule has 3 N–H and O–H groups in total. The number of amides is 1. The normalized spacial score (nSPS) is 14.8. The van der Waals surface area contributed by atoms with E-state index in [4.69, 9.17) is 10.2 Å². The third-order valence-electron chi connectivity index (χ3n) is 3.21. The van der Waals surface area contributed by atoms with Crippen LogP contribution in [0, 0.1) is 19.8 Å². The molecule has 0 fully saturated rings. The lowest BCUT2D eigenvalue weighted by molar-refractivity contribution is 0.0852. The second-order valence-electron chi connectivity index (χ2n) is 4.88. The van der Waals surface area contributed by atoms with Gasteiger partial charge in [0.05, 0.1) is 11.2 Å². The third kappa shape index (κ3) is 2.85. The summed E-state index contributed by atoms with van der Waals surface area (Å²) in [6, 6.07) is 0. The van der Waals surface area contributed by atoms with Crippen molar-refractivity contribution < 1.29 is 9.21 Å². The molecule has 17 heavy (non-hydrogen) atoms. The zero-order chi connectivity index (χ0) is 13.2. The van der Waals surface area contributed by atoms with Gasteiger partial charge in [-0.2, -0.15) is 0 Å². The number of carbonyl (C=O) groups excluding carboxylic acids is 1. The second-order valence-corrected chi connectivity index (χ2v) is 4.88. The second kappa shape index (κ2) is 4.87. The van der Waals surface area contributed by atoms with Crippen LogP contribution in [0.3, 0.4) is 0 Å².